The van der Waals surface area contributed by atoms with Crippen molar-refractivity contribution in [3.8, 4) is 5.75 Å². The van der Waals surface area contributed by atoms with Gasteiger partial charge in [-0.25, -0.2) is 8.42 Å². The molecule has 0 radical (unpaired) electrons. The lowest BCUT2D eigenvalue weighted by atomic mass is 10.3. The highest BCUT2D eigenvalue weighted by Crippen LogP contribution is 2.28. The van der Waals surface area contributed by atoms with E-state index in [9.17, 15) is 13.2 Å². The number of methoxy groups -OCH3 is 1. The molecule has 0 fully saturated rings. The van der Waals surface area contributed by atoms with Crippen LogP contribution in [0.5, 0.6) is 5.75 Å². The fraction of sp³-hybridized carbons (Fsp3) is 0.188. The zero-order chi connectivity index (χ0) is 18.6. The van der Waals surface area contributed by atoms with Gasteiger partial charge < -0.3 is 10.1 Å². The van der Waals surface area contributed by atoms with Crippen LogP contribution < -0.4 is 10.1 Å². The fourth-order valence-electron chi connectivity index (χ4n) is 2.03. The molecule has 6 nitrogen and oxygen atoms in total. The van der Waals surface area contributed by atoms with Crippen molar-refractivity contribution in [2.75, 3.05) is 26.0 Å². The summed E-state index contributed by atoms with van der Waals surface area (Å²) in [5.41, 5.74) is 0.561. The van der Waals surface area contributed by atoms with Crippen molar-refractivity contribution in [2.45, 2.75) is 4.90 Å². The lowest BCUT2D eigenvalue weighted by molar-refractivity contribution is -0.116. The number of carbonyl (C=O) groups is 1. The van der Waals surface area contributed by atoms with Crippen molar-refractivity contribution in [3.63, 3.8) is 0 Å². The lowest BCUT2D eigenvalue weighted by Gasteiger charge is -2.17. The smallest absolute Gasteiger partial charge is 0.243 e. The standard InChI is InChI=1S/C16H16BrClN2O4S/c1-20(10-16(21)19-14-6-4-3-5-12(14)17)25(22,23)11-7-8-15(24-2)13(18)9-11/h3-9H,10H2,1-2H3,(H,19,21). The van der Waals surface area contributed by atoms with Crippen LogP contribution in [0, 0.1) is 0 Å². The monoisotopic (exact) mass is 446 g/mol. The second kappa shape index (κ2) is 8.18. The van der Waals surface area contributed by atoms with E-state index in [2.05, 4.69) is 21.2 Å². The number of nitrogens with zero attached hydrogens (tertiary/aromatic N) is 1. The van der Waals surface area contributed by atoms with Gasteiger partial charge in [-0.1, -0.05) is 23.7 Å². The van der Waals surface area contributed by atoms with Gasteiger partial charge in [0, 0.05) is 11.5 Å². The van der Waals surface area contributed by atoms with Crippen molar-refractivity contribution in [2.24, 2.45) is 0 Å². The average Bonchev–Trinajstić information content (AvgIpc) is 2.56. The summed E-state index contributed by atoms with van der Waals surface area (Å²) in [6.07, 6.45) is 0. The third kappa shape index (κ3) is 4.72. The number of sulfonamides is 1. The number of anilines is 1. The molecule has 0 heterocycles. The number of amides is 1. The second-order valence-corrected chi connectivity index (χ2v) is 8.39. The molecule has 0 bridgehead atoms. The molecule has 2 aromatic rings. The molecule has 0 aromatic heterocycles. The van der Waals surface area contributed by atoms with E-state index in [4.69, 9.17) is 16.3 Å². The van der Waals surface area contributed by atoms with Crippen molar-refractivity contribution < 1.29 is 17.9 Å². The van der Waals surface area contributed by atoms with Gasteiger partial charge >= 0.3 is 0 Å². The van der Waals surface area contributed by atoms with E-state index in [1.807, 2.05) is 6.07 Å². The van der Waals surface area contributed by atoms with E-state index in [0.29, 0.717) is 15.9 Å². The zero-order valence-corrected chi connectivity index (χ0v) is 16.7. The van der Waals surface area contributed by atoms with Gasteiger partial charge in [-0.3, -0.25) is 4.79 Å². The van der Waals surface area contributed by atoms with Gasteiger partial charge in [0.2, 0.25) is 15.9 Å². The molecule has 0 saturated heterocycles. The first-order valence-corrected chi connectivity index (χ1v) is 9.71. The van der Waals surface area contributed by atoms with Gasteiger partial charge in [-0.15, -0.1) is 0 Å². The molecule has 0 aliphatic rings. The Morgan fingerprint density at radius 3 is 2.56 bits per heavy atom. The van der Waals surface area contributed by atoms with Crippen LogP contribution in [-0.2, 0) is 14.8 Å². The predicted octanol–water partition coefficient (Wildman–Crippen LogP) is 3.37. The van der Waals surface area contributed by atoms with E-state index in [-0.39, 0.29) is 16.5 Å². The van der Waals surface area contributed by atoms with Crippen molar-refractivity contribution in [1.82, 2.24) is 4.31 Å². The van der Waals surface area contributed by atoms with E-state index in [1.165, 1.54) is 32.4 Å². The molecule has 2 aromatic carbocycles. The second-order valence-electron chi connectivity index (χ2n) is 5.09. The minimum atomic E-state index is -3.86. The minimum Gasteiger partial charge on any atom is -0.495 e. The summed E-state index contributed by atoms with van der Waals surface area (Å²) in [7, 11) is -1.10. The van der Waals surface area contributed by atoms with Crippen LogP contribution in [0.4, 0.5) is 5.69 Å². The molecular weight excluding hydrogens is 432 g/mol. The topological polar surface area (TPSA) is 75.7 Å². The molecule has 0 aliphatic heterocycles. The maximum Gasteiger partial charge on any atom is 0.243 e. The number of ether oxygens (including phenoxy) is 1. The van der Waals surface area contributed by atoms with Crippen molar-refractivity contribution >= 4 is 49.1 Å². The van der Waals surface area contributed by atoms with Crippen LogP contribution in [0.3, 0.4) is 0 Å². The minimum absolute atomic E-state index is 0.0190. The highest BCUT2D eigenvalue weighted by atomic mass is 79.9. The Morgan fingerprint density at radius 2 is 1.96 bits per heavy atom. The van der Waals surface area contributed by atoms with E-state index < -0.39 is 15.9 Å². The number of rotatable bonds is 6. The van der Waals surface area contributed by atoms with Crippen LogP contribution in [0.2, 0.25) is 5.02 Å². The number of hydrogen-bond donors (Lipinski definition) is 1. The van der Waals surface area contributed by atoms with Crippen molar-refractivity contribution in [3.05, 3.63) is 52.0 Å². The number of nitrogens with one attached hydrogen (secondary N) is 1. The quantitative estimate of drug-likeness (QED) is 0.737. The summed E-state index contributed by atoms with van der Waals surface area (Å²) in [4.78, 5) is 12.1. The van der Waals surface area contributed by atoms with Gasteiger partial charge in [0.25, 0.3) is 0 Å². The molecular formula is C16H16BrClN2O4S. The maximum absolute atomic E-state index is 12.6. The van der Waals surface area contributed by atoms with Gasteiger partial charge in [0.15, 0.2) is 0 Å². The molecule has 134 valence electrons. The summed E-state index contributed by atoms with van der Waals surface area (Å²) in [6, 6.07) is 11.2. The summed E-state index contributed by atoms with van der Waals surface area (Å²) < 4.78 is 31.8. The number of carbonyl (C=O) groups excluding carboxylic acids is 1. The van der Waals surface area contributed by atoms with Crippen LogP contribution in [0.15, 0.2) is 51.8 Å². The van der Waals surface area contributed by atoms with Crippen molar-refractivity contribution in [1.29, 1.82) is 0 Å². The molecule has 2 rings (SSSR count). The fourth-order valence-corrected chi connectivity index (χ4v) is 3.89. The molecule has 1 N–H and O–H groups in total. The third-order valence-corrected chi connectivity index (χ3v) is 6.13. The number of hydrogen-bond acceptors (Lipinski definition) is 4. The number of para-hydroxylation sites is 1. The SMILES string of the molecule is COc1ccc(S(=O)(=O)N(C)CC(=O)Nc2ccccc2Br)cc1Cl. The van der Waals surface area contributed by atoms with E-state index in [1.54, 1.807) is 18.2 Å². The third-order valence-electron chi connectivity index (χ3n) is 3.35. The molecule has 25 heavy (non-hydrogen) atoms. The molecule has 1 amide bonds. The van der Waals surface area contributed by atoms with Crippen LogP contribution in [0.1, 0.15) is 0 Å². The largest absolute Gasteiger partial charge is 0.495 e. The predicted molar refractivity (Wildman–Crippen MR) is 101 cm³/mol. The Morgan fingerprint density at radius 1 is 1.28 bits per heavy atom. The molecule has 0 saturated carbocycles. The van der Waals surface area contributed by atoms with Gasteiger partial charge in [0.05, 0.1) is 29.3 Å². The van der Waals surface area contributed by atoms with Gasteiger partial charge in [0.1, 0.15) is 5.75 Å². The summed E-state index contributed by atoms with van der Waals surface area (Å²) in [5.74, 6) is -0.0903. The molecule has 0 atom stereocenters. The summed E-state index contributed by atoms with van der Waals surface area (Å²) in [5, 5.41) is 2.83. The van der Waals surface area contributed by atoms with Crippen LogP contribution in [0.25, 0.3) is 0 Å². The Labute approximate surface area is 159 Å². The van der Waals surface area contributed by atoms with Gasteiger partial charge in [-0.05, 0) is 46.3 Å². The molecule has 0 spiro atoms. The Hall–Kier alpha value is -1.61. The van der Waals surface area contributed by atoms with Gasteiger partial charge in [-0.2, -0.15) is 4.31 Å². The van der Waals surface area contributed by atoms with Crippen LogP contribution >= 0.6 is 27.5 Å². The molecule has 0 unspecified atom stereocenters. The summed E-state index contributed by atoms with van der Waals surface area (Å²) in [6.45, 7) is -0.340. The Balaban J connectivity index is 2.13. The Kier molecular flexibility index (Phi) is 6.45. The molecule has 9 heteroatoms. The normalized spacial score (nSPS) is 11.4. The van der Waals surface area contributed by atoms with E-state index in [0.717, 1.165) is 4.31 Å². The maximum atomic E-state index is 12.6. The first kappa shape index (κ1) is 19.7. The highest BCUT2D eigenvalue weighted by Gasteiger charge is 2.24. The van der Waals surface area contributed by atoms with E-state index >= 15 is 0 Å². The highest BCUT2D eigenvalue weighted by molar-refractivity contribution is 9.10. The first-order chi connectivity index (χ1) is 11.8. The average molecular weight is 448 g/mol. The number of halogens is 2. The summed E-state index contributed by atoms with van der Waals surface area (Å²) >= 11 is 9.29. The first-order valence-electron chi connectivity index (χ1n) is 7.10. The lowest BCUT2D eigenvalue weighted by Crippen LogP contribution is -2.35. The number of benzene rings is 2. The molecule has 0 aliphatic carbocycles. The van der Waals surface area contributed by atoms with Crippen LogP contribution in [-0.4, -0.2) is 39.3 Å². The number of likely N-dealkylation sites (N-methyl/N-ethyl adjacent to an activating group) is 1. The Bertz CT molecular complexity index is 889. The zero-order valence-electron chi connectivity index (χ0n) is 13.5.